The SMILES string of the molecule is CCCNc1nc(NCC(=O)N(C)CC)nc(OCC)n1. The lowest BCUT2D eigenvalue weighted by Gasteiger charge is -2.15. The zero-order valence-electron chi connectivity index (χ0n) is 13.1. The van der Waals surface area contributed by atoms with Crippen molar-refractivity contribution in [1.29, 1.82) is 0 Å². The second kappa shape index (κ2) is 8.93. The van der Waals surface area contributed by atoms with Gasteiger partial charge in [-0.3, -0.25) is 4.79 Å². The second-order valence-corrected chi connectivity index (χ2v) is 4.39. The van der Waals surface area contributed by atoms with Crippen molar-refractivity contribution in [2.45, 2.75) is 27.2 Å². The number of amides is 1. The molecular formula is C13H24N6O2. The van der Waals surface area contributed by atoms with Crippen molar-refractivity contribution in [2.75, 3.05) is 43.9 Å². The first kappa shape index (κ1) is 16.9. The van der Waals surface area contributed by atoms with E-state index in [4.69, 9.17) is 4.74 Å². The van der Waals surface area contributed by atoms with Gasteiger partial charge in [0.05, 0.1) is 13.2 Å². The van der Waals surface area contributed by atoms with Crippen molar-refractivity contribution in [3.8, 4) is 6.01 Å². The molecule has 0 aliphatic rings. The molecule has 118 valence electrons. The second-order valence-electron chi connectivity index (χ2n) is 4.39. The first-order chi connectivity index (χ1) is 10.1. The summed E-state index contributed by atoms with van der Waals surface area (Å²) in [7, 11) is 1.75. The van der Waals surface area contributed by atoms with E-state index in [0.29, 0.717) is 25.0 Å². The quantitative estimate of drug-likeness (QED) is 0.701. The lowest BCUT2D eigenvalue weighted by atomic mass is 10.5. The van der Waals surface area contributed by atoms with Gasteiger partial charge in [0, 0.05) is 20.1 Å². The van der Waals surface area contributed by atoms with E-state index < -0.39 is 0 Å². The van der Waals surface area contributed by atoms with Crippen molar-refractivity contribution in [2.24, 2.45) is 0 Å². The molecule has 1 heterocycles. The van der Waals surface area contributed by atoms with Crippen LogP contribution in [0.25, 0.3) is 0 Å². The summed E-state index contributed by atoms with van der Waals surface area (Å²) < 4.78 is 5.31. The van der Waals surface area contributed by atoms with E-state index in [0.717, 1.165) is 13.0 Å². The molecule has 0 unspecified atom stereocenters. The van der Waals surface area contributed by atoms with Gasteiger partial charge < -0.3 is 20.3 Å². The Balaban J connectivity index is 2.74. The van der Waals surface area contributed by atoms with Crippen LogP contribution in [0.5, 0.6) is 6.01 Å². The molecule has 0 saturated heterocycles. The molecule has 0 aliphatic carbocycles. The highest BCUT2D eigenvalue weighted by Crippen LogP contribution is 2.11. The van der Waals surface area contributed by atoms with Crippen LogP contribution < -0.4 is 15.4 Å². The smallest absolute Gasteiger partial charge is 0.323 e. The van der Waals surface area contributed by atoms with Gasteiger partial charge in [0.25, 0.3) is 0 Å². The molecule has 0 saturated carbocycles. The summed E-state index contributed by atoms with van der Waals surface area (Å²) in [5, 5.41) is 5.98. The molecule has 0 bridgehead atoms. The number of likely N-dealkylation sites (N-methyl/N-ethyl adjacent to an activating group) is 1. The summed E-state index contributed by atoms with van der Waals surface area (Å²) in [5.41, 5.74) is 0. The van der Waals surface area contributed by atoms with Crippen molar-refractivity contribution < 1.29 is 9.53 Å². The number of rotatable bonds is 9. The Labute approximate surface area is 125 Å². The predicted molar refractivity (Wildman–Crippen MR) is 81.6 cm³/mol. The number of aromatic nitrogens is 3. The van der Waals surface area contributed by atoms with Gasteiger partial charge in [-0.25, -0.2) is 0 Å². The third kappa shape index (κ3) is 5.80. The van der Waals surface area contributed by atoms with Crippen LogP contribution in [0.15, 0.2) is 0 Å². The minimum Gasteiger partial charge on any atom is -0.464 e. The van der Waals surface area contributed by atoms with Gasteiger partial charge in [-0.05, 0) is 20.3 Å². The number of anilines is 2. The lowest BCUT2D eigenvalue weighted by Crippen LogP contribution is -2.32. The number of nitrogens with one attached hydrogen (secondary N) is 2. The van der Waals surface area contributed by atoms with Gasteiger partial charge in [0.2, 0.25) is 17.8 Å². The zero-order chi connectivity index (χ0) is 15.7. The van der Waals surface area contributed by atoms with E-state index in [1.807, 2.05) is 13.8 Å². The minimum absolute atomic E-state index is 0.0288. The van der Waals surface area contributed by atoms with Crippen LogP contribution in [0.2, 0.25) is 0 Å². The van der Waals surface area contributed by atoms with Gasteiger partial charge >= 0.3 is 6.01 Å². The van der Waals surface area contributed by atoms with Crippen LogP contribution in [0.3, 0.4) is 0 Å². The van der Waals surface area contributed by atoms with Gasteiger partial charge in [0.1, 0.15) is 0 Å². The first-order valence-electron chi connectivity index (χ1n) is 7.21. The largest absolute Gasteiger partial charge is 0.464 e. The van der Waals surface area contributed by atoms with Gasteiger partial charge in [-0.2, -0.15) is 15.0 Å². The molecule has 0 aliphatic heterocycles. The van der Waals surface area contributed by atoms with Crippen LogP contribution in [-0.2, 0) is 4.79 Å². The highest BCUT2D eigenvalue weighted by molar-refractivity contribution is 5.80. The molecule has 8 nitrogen and oxygen atoms in total. The van der Waals surface area contributed by atoms with Crippen LogP contribution >= 0.6 is 0 Å². The Kier molecular flexibility index (Phi) is 7.20. The molecule has 0 radical (unpaired) electrons. The molecule has 0 aromatic carbocycles. The Hall–Kier alpha value is -2.12. The Bertz CT molecular complexity index is 454. The topological polar surface area (TPSA) is 92.3 Å². The number of hydrogen-bond donors (Lipinski definition) is 2. The summed E-state index contributed by atoms with van der Waals surface area (Å²) in [6, 6.07) is 0.241. The van der Waals surface area contributed by atoms with E-state index in [1.54, 1.807) is 11.9 Å². The van der Waals surface area contributed by atoms with E-state index in [-0.39, 0.29) is 18.5 Å². The first-order valence-corrected chi connectivity index (χ1v) is 7.21. The number of nitrogens with zero attached hydrogens (tertiary/aromatic N) is 4. The number of hydrogen-bond acceptors (Lipinski definition) is 7. The monoisotopic (exact) mass is 296 g/mol. The fourth-order valence-corrected chi connectivity index (χ4v) is 1.41. The van der Waals surface area contributed by atoms with Crippen LogP contribution in [0.4, 0.5) is 11.9 Å². The van der Waals surface area contributed by atoms with Gasteiger partial charge in [-0.15, -0.1) is 0 Å². The summed E-state index contributed by atoms with van der Waals surface area (Å²) >= 11 is 0. The standard InChI is InChI=1S/C13H24N6O2/c1-5-8-14-11-16-12(18-13(17-11)21-7-3)15-9-10(20)19(4)6-2/h5-9H2,1-4H3,(H2,14,15,16,17,18). The highest BCUT2D eigenvalue weighted by Gasteiger charge is 2.10. The van der Waals surface area contributed by atoms with Crippen molar-refractivity contribution in [3.05, 3.63) is 0 Å². The van der Waals surface area contributed by atoms with Crippen molar-refractivity contribution in [3.63, 3.8) is 0 Å². The summed E-state index contributed by atoms with van der Waals surface area (Å²) in [6.07, 6.45) is 0.957. The maximum atomic E-state index is 11.8. The molecule has 1 rings (SSSR count). The maximum absolute atomic E-state index is 11.8. The van der Waals surface area contributed by atoms with Gasteiger partial charge in [0.15, 0.2) is 0 Å². The Morgan fingerprint density at radius 2 is 1.81 bits per heavy atom. The van der Waals surface area contributed by atoms with Crippen molar-refractivity contribution >= 4 is 17.8 Å². The van der Waals surface area contributed by atoms with E-state index in [1.165, 1.54) is 0 Å². The van der Waals surface area contributed by atoms with E-state index >= 15 is 0 Å². The lowest BCUT2D eigenvalue weighted by molar-refractivity contribution is -0.127. The fourth-order valence-electron chi connectivity index (χ4n) is 1.41. The average molecular weight is 296 g/mol. The van der Waals surface area contributed by atoms with E-state index in [9.17, 15) is 4.79 Å². The molecule has 1 amide bonds. The Morgan fingerprint density at radius 1 is 1.14 bits per heavy atom. The molecular weight excluding hydrogens is 272 g/mol. The van der Waals surface area contributed by atoms with E-state index in [2.05, 4.69) is 32.5 Å². The van der Waals surface area contributed by atoms with Gasteiger partial charge in [-0.1, -0.05) is 6.92 Å². The average Bonchev–Trinajstić information content (AvgIpc) is 2.50. The van der Waals surface area contributed by atoms with Crippen LogP contribution in [-0.4, -0.2) is 59.0 Å². The minimum atomic E-state index is -0.0288. The maximum Gasteiger partial charge on any atom is 0.323 e. The molecule has 1 aromatic rings. The van der Waals surface area contributed by atoms with Crippen LogP contribution in [0.1, 0.15) is 27.2 Å². The summed E-state index contributed by atoms with van der Waals surface area (Å²) in [4.78, 5) is 25.9. The van der Waals surface area contributed by atoms with Crippen molar-refractivity contribution in [1.82, 2.24) is 19.9 Å². The fraction of sp³-hybridized carbons (Fsp3) is 0.692. The summed E-state index contributed by atoms with van der Waals surface area (Å²) in [5.74, 6) is 0.734. The molecule has 8 heteroatoms. The summed E-state index contributed by atoms with van der Waals surface area (Å²) in [6.45, 7) is 7.84. The molecule has 1 aromatic heterocycles. The normalized spacial score (nSPS) is 10.1. The third-order valence-corrected chi connectivity index (χ3v) is 2.72. The number of carbonyl (C=O) groups excluding carboxylic acids is 1. The Morgan fingerprint density at radius 3 is 2.38 bits per heavy atom. The molecule has 0 spiro atoms. The molecule has 0 atom stereocenters. The molecule has 21 heavy (non-hydrogen) atoms. The number of ether oxygens (including phenoxy) is 1. The zero-order valence-corrected chi connectivity index (χ0v) is 13.1. The highest BCUT2D eigenvalue weighted by atomic mass is 16.5. The van der Waals surface area contributed by atoms with Crippen LogP contribution in [0, 0.1) is 0 Å². The molecule has 2 N–H and O–H groups in total. The third-order valence-electron chi connectivity index (χ3n) is 2.72. The predicted octanol–water partition coefficient (Wildman–Crippen LogP) is 0.982. The molecule has 0 fully saturated rings. The number of carbonyl (C=O) groups is 1.